The molecule has 0 bridgehead atoms. The molecule has 0 heterocycles. The predicted octanol–water partition coefficient (Wildman–Crippen LogP) is -2.52. The summed E-state index contributed by atoms with van der Waals surface area (Å²) in [6.07, 6.45) is -5.00. The summed E-state index contributed by atoms with van der Waals surface area (Å²) in [4.78, 5) is 10.4. The fourth-order valence-electron chi connectivity index (χ4n) is 1.09. The van der Waals surface area contributed by atoms with Gasteiger partial charge in [0.15, 0.2) is 0 Å². The van der Waals surface area contributed by atoms with Crippen LogP contribution in [-0.4, -0.2) is 12.3 Å². The molecule has 9 heteroatoms. The first kappa shape index (κ1) is 16.8. The zero-order valence-corrected chi connectivity index (χ0v) is 9.12. The molecule has 1 unspecified atom stereocenters. The van der Waals surface area contributed by atoms with Crippen molar-refractivity contribution in [2.24, 2.45) is 5.73 Å². The Morgan fingerprint density at radius 1 is 1.33 bits per heavy atom. The molecule has 1 aromatic rings. The van der Waals surface area contributed by atoms with E-state index >= 15 is 0 Å². The Morgan fingerprint density at radius 2 is 1.89 bits per heavy atom. The normalized spacial score (nSPS) is 12.5. The largest absolute Gasteiger partial charge is 1.00 e. The number of carbonyl (C=O) groups is 1. The van der Waals surface area contributed by atoms with Gasteiger partial charge in [0.2, 0.25) is 0 Å². The van der Waals surface area contributed by atoms with E-state index in [1.165, 1.54) is 0 Å². The zero-order chi connectivity index (χ0) is 13.2. The molecule has 0 aliphatic heterocycles. The van der Waals surface area contributed by atoms with Crippen LogP contribution in [0.15, 0.2) is 18.2 Å². The van der Waals surface area contributed by atoms with Crippen molar-refractivity contribution in [2.75, 3.05) is 0 Å². The molecule has 0 spiro atoms. The van der Waals surface area contributed by atoms with Crippen LogP contribution in [0.5, 0.6) is 5.75 Å². The Morgan fingerprint density at radius 3 is 2.33 bits per heavy atom. The van der Waals surface area contributed by atoms with Crippen molar-refractivity contribution in [3.8, 4) is 5.75 Å². The van der Waals surface area contributed by atoms with E-state index in [9.17, 15) is 27.5 Å². The second kappa shape index (κ2) is 6.09. The Kier molecular flexibility index (Phi) is 5.67. The second-order valence-corrected chi connectivity index (χ2v) is 3.06. The van der Waals surface area contributed by atoms with Gasteiger partial charge in [-0.25, -0.2) is 4.39 Å². The minimum Gasteiger partial charge on any atom is -0.548 e. The minimum atomic E-state index is -5.00. The number of hydrogen-bond acceptors (Lipinski definition) is 4. The summed E-state index contributed by atoms with van der Waals surface area (Å²) in [6.45, 7) is 0. The van der Waals surface area contributed by atoms with E-state index in [0.717, 1.165) is 0 Å². The first-order chi connectivity index (χ1) is 7.69. The average Bonchev–Trinajstić information content (AvgIpc) is 2.12. The molecule has 0 aromatic heterocycles. The number of alkyl halides is 3. The molecule has 4 nitrogen and oxygen atoms in total. The monoisotopic (exact) mass is 259 g/mol. The molecule has 1 atom stereocenters. The fraction of sp³-hybridized carbons (Fsp3) is 0.222. The van der Waals surface area contributed by atoms with E-state index in [-0.39, 0.29) is 24.4 Å². The van der Waals surface area contributed by atoms with Crippen LogP contribution >= 0.6 is 0 Å². The topological polar surface area (TPSA) is 75.4 Å². The summed E-state index contributed by atoms with van der Waals surface area (Å²) in [5.74, 6) is -3.73. The van der Waals surface area contributed by atoms with Gasteiger partial charge in [0.25, 0.3) is 0 Å². The van der Waals surface area contributed by atoms with Crippen molar-refractivity contribution in [2.45, 2.75) is 12.4 Å². The number of rotatable bonds is 3. The molecule has 94 valence electrons. The van der Waals surface area contributed by atoms with Gasteiger partial charge in [0, 0.05) is 6.07 Å². The van der Waals surface area contributed by atoms with Crippen LogP contribution in [0.1, 0.15) is 11.6 Å². The number of benzene rings is 1. The SMILES string of the molecule is NC(C(=O)[O-])c1cc(F)cc(OC(F)(F)F)c1.[Li+]. The first-order valence-electron chi connectivity index (χ1n) is 4.22. The Labute approximate surface area is 111 Å². The number of nitrogens with two attached hydrogens (primary N) is 1. The number of carboxylic acid groups (broad SMARTS) is 1. The van der Waals surface area contributed by atoms with Crippen LogP contribution in [-0.2, 0) is 4.79 Å². The number of halogens is 4. The van der Waals surface area contributed by atoms with Crippen molar-refractivity contribution in [1.29, 1.82) is 0 Å². The van der Waals surface area contributed by atoms with Crippen molar-refractivity contribution >= 4 is 5.97 Å². The van der Waals surface area contributed by atoms with Crippen LogP contribution in [0, 0.1) is 5.82 Å². The van der Waals surface area contributed by atoms with E-state index in [1.54, 1.807) is 0 Å². The van der Waals surface area contributed by atoms with Crippen molar-refractivity contribution in [1.82, 2.24) is 0 Å². The standard InChI is InChI=1S/C9H7F4NO3.Li/c10-5-1-4(7(14)8(15)16)2-6(3-5)17-9(11,12)13;/h1-3,7H,14H2,(H,15,16);/q;+1/p-1. The predicted molar refractivity (Wildman–Crippen MR) is 45.0 cm³/mol. The molecule has 0 fully saturated rings. The zero-order valence-electron chi connectivity index (χ0n) is 9.12. The van der Waals surface area contributed by atoms with Crippen molar-refractivity contribution in [3.63, 3.8) is 0 Å². The molecule has 0 saturated carbocycles. The van der Waals surface area contributed by atoms with Gasteiger partial charge in [-0.15, -0.1) is 13.2 Å². The third-order valence-corrected chi connectivity index (χ3v) is 1.74. The van der Waals surface area contributed by atoms with Crippen LogP contribution in [0.3, 0.4) is 0 Å². The van der Waals surface area contributed by atoms with Crippen molar-refractivity contribution in [3.05, 3.63) is 29.6 Å². The molecular weight excluding hydrogens is 253 g/mol. The van der Waals surface area contributed by atoms with Gasteiger partial charge in [-0.1, -0.05) is 0 Å². The average molecular weight is 259 g/mol. The third-order valence-electron chi connectivity index (χ3n) is 1.74. The van der Waals surface area contributed by atoms with Gasteiger partial charge in [-0.2, -0.15) is 0 Å². The molecule has 0 aliphatic rings. The van der Waals surface area contributed by atoms with Gasteiger partial charge in [-0.3, -0.25) is 0 Å². The number of carbonyl (C=O) groups excluding carboxylic acids is 1. The number of hydrogen-bond donors (Lipinski definition) is 1. The molecule has 0 amide bonds. The molecule has 2 N–H and O–H groups in total. The maximum Gasteiger partial charge on any atom is 1.00 e. The van der Waals surface area contributed by atoms with Gasteiger partial charge in [0.05, 0.1) is 12.0 Å². The van der Waals surface area contributed by atoms with Gasteiger partial charge >= 0.3 is 25.2 Å². The minimum absolute atomic E-state index is 0. The van der Waals surface area contributed by atoms with Crippen LogP contribution in [0.4, 0.5) is 17.6 Å². The summed E-state index contributed by atoms with van der Waals surface area (Å²) in [5, 5.41) is 10.4. The quantitative estimate of drug-likeness (QED) is 0.480. The van der Waals surface area contributed by atoms with Crippen LogP contribution < -0.4 is 34.4 Å². The Hall–Kier alpha value is -1.23. The van der Waals surface area contributed by atoms with E-state index in [2.05, 4.69) is 4.74 Å². The van der Waals surface area contributed by atoms with Gasteiger partial charge in [0.1, 0.15) is 11.6 Å². The summed E-state index contributed by atoms with van der Waals surface area (Å²) in [5.41, 5.74) is 4.69. The summed E-state index contributed by atoms with van der Waals surface area (Å²) in [7, 11) is 0. The Bertz CT molecular complexity index is 438. The summed E-state index contributed by atoms with van der Waals surface area (Å²) >= 11 is 0. The third kappa shape index (κ3) is 4.96. The van der Waals surface area contributed by atoms with Crippen LogP contribution in [0.25, 0.3) is 0 Å². The first-order valence-corrected chi connectivity index (χ1v) is 4.22. The molecule has 1 aromatic carbocycles. The van der Waals surface area contributed by atoms with Crippen LogP contribution in [0.2, 0.25) is 0 Å². The molecule has 0 radical (unpaired) electrons. The summed E-state index contributed by atoms with van der Waals surface area (Å²) in [6, 6.07) is 0.0843. The molecule has 0 saturated heterocycles. The van der Waals surface area contributed by atoms with E-state index in [0.29, 0.717) is 18.2 Å². The maximum atomic E-state index is 12.9. The number of ether oxygens (including phenoxy) is 1. The van der Waals surface area contributed by atoms with E-state index in [1.807, 2.05) is 0 Å². The van der Waals surface area contributed by atoms with Crippen molar-refractivity contribution < 1.29 is 51.1 Å². The maximum absolute atomic E-state index is 12.9. The smallest absolute Gasteiger partial charge is 0.548 e. The number of carboxylic acids is 1. The van der Waals surface area contributed by atoms with E-state index in [4.69, 9.17) is 5.73 Å². The molecule has 0 aliphatic carbocycles. The summed E-state index contributed by atoms with van der Waals surface area (Å²) < 4.78 is 51.9. The number of aliphatic carboxylic acids is 1. The molecular formula is C9H6F4LiNO3. The fourth-order valence-corrected chi connectivity index (χ4v) is 1.09. The van der Waals surface area contributed by atoms with Gasteiger partial charge in [-0.05, 0) is 17.7 Å². The molecule has 1 rings (SSSR count). The second-order valence-electron chi connectivity index (χ2n) is 3.06. The van der Waals surface area contributed by atoms with Gasteiger partial charge < -0.3 is 20.4 Å². The van der Waals surface area contributed by atoms with E-state index < -0.39 is 29.9 Å². The molecule has 18 heavy (non-hydrogen) atoms. The Balaban J connectivity index is 0.00000289.